The maximum absolute atomic E-state index is 6.01. The maximum Gasteiger partial charge on any atom is 0.122 e. The van der Waals surface area contributed by atoms with Gasteiger partial charge in [0, 0.05) is 6.04 Å². The van der Waals surface area contributed by atoms with Crippen molar-refractivity contribution in [3.63, 3.8) is 0 Å². The fraction of sp³-hybridized carbons (Fsp3) is 0.667. The van der Waals surface area contributed by atoms with Crippen molar-refractivity contribution in [2.24, 2.45) is 0 Å². The Bertz CT molecular complexity index is 387. The Labute approximate surface area is 124 Å². The summed E-state index contributed by atoms with van der Waals surface area (Å²) >= 11 is 0. The van der Waals surface area contributed by atoms with Crippen LogP contribution in [0.1, 0.15) is 64.0 Å². The van der Waals surface area contributed by atoms with Gasteiger partial charge in [0.15, 0.2) is 0 Å². The second-order valence-electron chi connectivity index (χ2n) is 6.04. The van der Waals surface area contributed by atoms with Crippen LogP contribution in [0, 0.1) is 6.92 Å². The van der Waals surface area contributed by atoms with Crippen LogP contribution in [0.15, 0.2) is 18.2 Å². The van der Waals surface area contributed by atoms with Gasteiger partial charge >= 0.3 is 0 Å². The molecule has 0 amide bonds. The van der Waals surface area contributed by atoms with Gasteiger partial charge in [-0.2, -0.15) is 0 Å². The fourth-order valence-corrected chi connectivity index (χ4v) is 2.31. The van der Waals surface area contributed by atoms with Crippen LogP contribution in [0.25, 0.3) is 0 Å². The molecule has 0 aliphatic rings. The third-order valence-corrected chi connectivity index (χ3v) is 3.57. The predicted octanol–water partition coefficient (Wildman–Crippen LogP) is 4.67. The van der Waals surface area contributed by atoms with E-state index >= 15 is 0 Å². The third-order valence-electron chi connectivity index (χ3n) is 3.57. The Hall–Kier alpha value is -1.02. The molecule has 2 nitrogen and oxygen atoms in total. The number of hydrogen-bond donors (Lipinski definition) is 1. The van der Waals surface area contributed by atoms with Crippen LogP contribution in [0.5, 0.6) is 5.75 Å². The minimum absolute atomic E-state index is 0.510. The first-order chi connectivity index (χ1) is 9.54. The average molecular weight is 277 g/mol. The zero-order chi connectivity index (χ0) is 15.0. The predicted molar refractivity (Wildman–Crippen MR) is 87.8 cm³/mol. The monoisotopic (exact) mass is 277 g/mol. The summed E-state index contributed by atoms with van der Waals surface area (Å²) in [5.74, 6) is 1.57. The second-order valence-corrected chi connectivity index (χ2v) is 6.04. The van der Waals surface area contributed by atoms with E-state index in [1.165, 1.54) is 24.0 Å². The number of aryl methyl sites for hydroxylation is 1. The molecule has 0 fully saturated rings. The molecule has 1 aromatic rings. The highest BCUT2D eigenvalue weighted by atomic mass is 16.5. The van der Waals surface area contributed by atoms with Gasteiger partial charge in [0.1, 0.15) is 5.75 Å². The molecule has 0 heterocycles. The highest BCUT2D eigenvalue weighted by Crippen LogP contribution is 2.27. The van der Waals surface area contributed by atoms with E-state index in [-0.39, 0.29) is 0 Å². The van der Waals surface area contributed by atoms with Crippen LogP contribution >= 0.6 is 0 Å². The third kappa shape index (κ3) is 5.96. The molecular formula is C18H31NO. The van der Waals surface area contributed by atoms with Crippen molar-refractivity contribution in [1.82, 2.24) is 5.32 Å². The molecule has 0 saturated carbocycles. The van der Waals surface area contributed by atoms with Crippen molar-refractivity contribution >= 4 is 0 Å². The van der Waals surface area contributed by atoms with Crippen LogP contribution in [0.3, 0.4) is 0 Å². The fourth-order valence-electron chi connectivity index (χ4n) is 2.31. The van der Waals surface area contributed by atoms with Crippen LogP contribution in [-0.4, -0.2) is 19.2 Å². The maximum atomic E-state index is 6.01. The SMILES string of the molecule is CCCNC(C)CCCOc1cc(C)ccc1C(C)C. The highest BCUT2D eigenvalue weighted by Gasteiger charge is 2.08. The summed E-state index contributed by atoms with van der Waals surface area (Å²) in [5, 5.41) is 3.51. The van der Waals surface area contributed by atoms with Crippen LogP contribution in [0.2, 0.25) is 0 Å². The summed E-state index contributed by atoms with van der Waals surface area (Å²) < 4.78 is 6.01. The van der Waals surface area contributed by atoms with Crippen molar-refractivity contribution in [1.29, 1.82) is 0 Å². The molecule has 1 aromatic carbocycles. The molecule has 1 rings (SSSR count). The Morgan fingerprint density at radius 2 is 1.95 bits per heavy atom. The molecule has 0 bridgehead atoms. The second kappa shape index (κ2) is 9.02. The normalized spacial score (nSPS) is 12.7. The molecule has 0 aromatic heterocycles. The van der Waals surface area contributed by atoms with Crippen LogP contribution in [0.4, 0.5) is 0 Å². The molecule has 2 heteroatoms. The van der Waals surface area contributed by atoms with Gasteiger partial charge in [-0.1, -0.05) is 32.9 Å². The number of benzene rings is 1. The van der Waals surface area contributed by atoms with Gasteiger partial charge in [-0.15, -0.1) is 0 Å². The van der Waals surface area contributed by atoms with Gasteiger partial charge in [0.25, 0.3) is 0 Å². The lowest BCUT2D eigenvalue weighted by atomic mass is 10.0. The van der Waals surface area contributed by atoms with E-state index in [4.69, 9.17) is 4.74 Å². The first-order valence-electron chi connectivity index (χ1n) is 8.01. The molecular weight excluding hydrogens is 246 g/mol. The van der Waals surface area contributed by atoms with Crippen molar-refractivity contribution in [3.05, 3.63) is 29.3 Å². The Kier molecular flexibility index (Phi) is 7.68. The lowest BCUT2D eigenvalue weighted by molar-refractivity contribution is 0.294. The summed E-state index contributed by atoms with van der Waals surface area (Å²) in [5.41, 5.74) is 2.58. The largest absolute Gasteiger partial charge is 0.493 e. The van der Waals surface area contributed by atoms with Crippen LogP contribution in [-0.2, 0) is 0 Å². The minimum Gasteiger partial charge on any atom is -0.493 e. The highest BCUT2D eigenvalue weighted by molar-refractivity contribution is 5.39. The molecule has 0 spiro atoms. The lowest BCUT2D eigenvalue weighted by Gasteiger charge is -2.16. The van der Waals surface area contributed by atoms with Gasteiger partial charge in [0.2, 0.25) is 0 Å². The first kappa shape index (κ1) is 17.0. The van der Waals surface area contributed by atoms with Gasteiger partial charge in [-0.05, 0) is 62.8 Å². The first-order valence-corrected chi connectivity index (χ1v) is 8.01. The topological polar surface area (TPSA) is 21.3 Å². The Balaban J connectivity index is 2.40. The zero-order valence-corrected chi connectivity index (χ0v) is 13.8. The van der Waals surface area contributed by atoms with Crippen molar-refractivity contribution in [3.8, 4) is 5.75 Å². The van der Waals surface area contributed by atoms with Gasteiger partial charge in [0.05, 0.1) is 6.61 Å². The van der Waals surface area contributed by atoms with Gasteiger partial charge < -0.3 is 10.1 Å². The van der Waals surface area contributed by atoms with Crippen molar-refractivity contribution in [2.75, 3.05) is 13.2 Å². The smallest absolute Gasteiger partial charge is 0.122 e. The number of ether oxygens (including phenoxy) is 1. The zero-order valence-electron chi connectivity index (χ0n) is 13.8. The molecule has 20 heavy (non-hydrogen) atoms. The van der Waals surface area contributed by atoms with E-state index in [9.17, 15) is 0 Å². The molecule has 1 atom stereocenters. The summed E-state index contributed by atoms with van der Waals surface area (Å²) in [6.45, 7) is 12.9. The Morgan fingerprint density at radius 1 is 1.20 bits per heavy atom. The quantitative estimate of drug-likeness (QED) is 0.663. The van der Waals surface area contributed by atoms with E-state index < -0.39 is 0 Å². The molecule has 1 N–H and O–H groups in total. The Morgan fingerprint density at radius 3 is 2.60 bits per heavy atom. The molecule has 0 radical (unpaired) electrons. The van der Waals surface area contributed by atoms with E-state index in [0.717, 1.165) is 25.3 Å². The summed E-state index contributed by atoms with van der Waals surface area (Å²) in [6, 6.07) is 7.11. The summed E-state index contributed by atoms with van der Waals surface area (Å²) in [4.78, 5) is 0. The van der Waals surface area contributed by atoms with Gasteiger partial charge in [-0.3, -0.25) is 0 Å². The van der Waals surface area contributed by atoms with E-state index in [1.54, 1.807) is 0 Å². The molecule has 0 saturated heterocycles. The lowest BCUT2D eigenvalue weighted by Crippen LogP contribution is -2.26. The van der Waals surface area contributed by atoms with Crippen LogP contribution < -0.4 is 10.1 Å². The summed E-state index contributed by atoms with van der Waals surface area (Å²) in [6.07, 6.45) is 3.47. The molecule has 0 aliphatic heterocycles. The van der Waals surface area contributed by atoms with Gasteiger partial charge in [-0.25, -0.2) is 0 Å². The van der Waals surface area contributed by atoms with E-state index in [2.05, 4.69) is 58.1 Å². The van der Waals surface area contributed by atoms with E-state index in [0.29, 0.717) is 12.0 Å². The van der Waals surface area contributed by atoms with Crippen molar-refractivity contribution in [2.45, 2.75) is 65.8 Å². The average Bonchev–Trinajstić information content (AvgIpc) is 2.41. The van der Waals surface area contributed by atoms with E-state index in [1.807, 2.05) is 0 Å². The van der Waals surface area contributed by atoms with Crippen molar-refractivity contribution < 1.29 is 4.74 Å². The number of hydrogen-bond acceptors (Lipinski definition) is 2. The summed E-state index contributed by atoms with van der Waals surface area (Å²) in [7, 11) is 0. The molecule has 1 unspecified atom stereocenters. The molecule has 114 valence electrons. The number of rotatable bonds is 9. The standard InChI is InChI=1S/C18H31NO/c1-6-11-19-16(5)8-7-12-20-18-13-15(4)9-10-17(18)14(2)3/h9-10,13-14,16,19H,6-8,11-12H2,1-5H3. The number of nitrogens with one attached hydrogen (secondary N) is 1. The molecule has 0 aliphatic carbocycles. The minimum atomic E-state index is 0.510.